The number of carbonyl (C=O) groups excluding carboxylic acids is 2. The van der Waals surface area contributed by atoms with E-state index in [-0.39, 0.29) is 23.3 Å². The molecule has 1 aliphatic heterocycles. The molecule has 1 saturated heterocycles. The molecule has 0 aliphatic carbocycles. The van der Waals surface area contributed by atoms with E-state index in [1.807, 2.05) is 19.1 Å². The Labute approximate surface area is 131 Å². The summed E-state index contributed by atoms with van der Waals surface area (Å²) in [5.74, 6) is -0.149. The van der Waals surface area contributed by atoms with Crippen LogP contribution in [0.3, 0.4) is 0 Å². The number of aryl methyl sites for hydroxylation is 1. The maximum atomic E-state index is 12.6. The van der Waals surface area contributed by atoms with Gasteiger partial charge in [0.1, 0.15) is 0 Å². The Morgan fingerprint density at radius 2 is 2.00 bits per heavy atom. The van der Waals surface area contributed by atoms with Gasteiger partial charge in [0.15, 0.2) is 0 Å². The number of rotatable bonds is 3. The molecular weight excluding hydrogens is 278 g/mol. The Kier molecular flexibility index (Phi) is 4.86. The topological polar surface area (TPSA) is 70.2 Å². The third kappa shape index (κ3) is 3.85. The summed E-state index contributed by atoms with van der Waals surface area (Å²) < 4.78 is 0. The molecule has 0 saturated carbocycles. The van der Waals surface area contributed by atoms with E-state index in [0.717, 1.165) is 30.6 Å². The lowest BCUT2D eigenvalue weighted by molar-refractivity contribution is -0.121. The normalized spacial score (nSPS) is 20.3. The van der Waals surface area contributed by atoms with Crippen LogP contribution < -0.4 is 16.0 Å². The van der Waals surface area contributed by atoms with Crippen molar-refractivity contribution in [2.75, 3.05) is 17.2 Å². The first-order valence-corrected chi connectivity index (χ1v) is 7.72. The van der Waals surface area contributed by atoms with Gasteiger partial charge in [0.25, 0.3) is 0 Å². The Bertz CT molecular complexity index is 581. The smallest absolute Gasteiger partial charge is 0.242 e. The van der Waals surface area contributed by atoms with Crippen molar-refractivity contribution in [3.63, 3.8) is 0 Å². The molecule has 22 heavy (non-hydrogen) atoms. The zero-order valence-electron chi connectivity index (χ0n) is 13.7. The van der Waals surface area contributed by atoms with Gasteiger partial charge in [0, 0.05) is 18.3 Å². The van der Waals surface area contributed by atoms with Crippen LogP contribution >= 0.6 is 0 Å². The second-order valence-corrected chi connectivity index (χ2v) is 6.68. The van der Waals surface area contributed by atoms with Crippen molar-refractivity contribution in [3.05, 3.63) is 23.8 Å². The fraction of sp³-hybridized carbons (Fsp3) is 0.529. The van der Waals surface area contributed by atoms with Crippen LogP contribution in [0.25, 0.3) is 0 Å². The van der Waals surface area contributed by atoms with E-state index in [4.69, 9.17) is 0 Å². The van der Waals surface area contributed by atoms with E-state index in [1.54, 1.807) is 6.07 Å². The van der Waals surface area contributed by atoms with Crippen molar-refractivity contribution in [1.29, 1.82) is 0 Å². The first-order chi connectivity index (χ1) is 10.3. The molecule has 0 radical (unpaired) electrons. The molecule has 0 spiro atoms. The molecule has 120 valence electrons. The minimum absolute atomic E-state index is 0.0206. The largest absolute Gasteiger partial charge is 0.326 e. The fourth-order valence-electron chi connectivity index (χ4n) is 2.90. The predicted octanol–water partition coefficient (Wildman–Crippen LogP) is 2.67. The lowest BCUT2D eigenvalue weighted by Gasteiger charge is -2.38. The number of carbonyl (C=O) groups is 2. The van der Waals surface area contributed by atoms with Gasteiger partial charge in [-0.15, -0.1) is 0 Å². The first kappa shape index (κ1) is 16.5. The van der Waals surface area contributed by atoms with Gasteiger partial charge in [-0.3, -0.25) is 9.59 Å². The molecule has 2 rings (SSSR count). The number of anilines is 2. The van der Waals surface area contributed by atoms with E-state index in [2.05, 4.69) is 29.8 Å². The molecular formula is C17H25N3O2. The molecule has 1 heterocycles. The Balaban J connectivity index is 2.15. The van der Waals surface area contributed by atoms with Gasteiger partial charge in [-0.05, 0) is 49.4 Å². The highest BCUT2D eigenvalue weighted by Gasteiger charge is 2.37. The molecule has 5 heteroatoms. The Morgan fingerprint density at radius 1 is 1.27 bits per heavy atom. The maximum Gasteiger partial charge on any atom is 0.242 e. The lowest BCUT2D eigenvalue weighted by Crippen LogP contribution is -2.53. The minimum Gasteiger partial charge on any atom is -0.326 e. The van der Waals surface area contributed by atoms with Gasteiger partial charge >= 0.3 is 0 Å². The van der Waals surface area contributed by atoms with Gasteiger partial charge in [0.05, 0.1) is 6.04 Å². The van der Waals surface area contributed by atoms with Crippen molar-refractivity contribution >= 4 is 23.2 Å². The predicted molar refractivity (Wildman–Crippen MR) is 88.9 cm³/mol. The summed E-state index contributed by atoms with van der Waals surface area (Å²) >= 11 is 0. The average Bonchev–Trinajstić information content (AvgIpc) is 2.41. The van der Waals surface area contributed by atoms with E-state index in [1.165, 1.54) is 6.92 Å². The van der Waals surface area contributed by atoms with Crippen LogP contribution in [0.15, 0.2) is 18.2 Å². The lowest BCUT2D eigenvalue weighted by atomic mass is 9.77. The fourth-order valence-corrected chi connectivity index (χ4v) is 2.90. The van der Waals surface area contributed by atoms with Crippen LogP contribution in [0.5, 0.6) is 0 Å². The molecule has 1 fully saturated rings. The van der Waals surface area contributed by atoms with Gasteiger partial charge < -0.3 is 16.0 Å². The molecule has 2 amide bonds. The van der Waals surface area contributed by atoms with E-state index in [9.17, 15) is 9.59 Å². The third-order valence-electron chi connectivity index (χ3n) is 4.21. The Hall–Kier alpha value is -1.88. The van der Waals surface area contributed by atoms with E-state index >= 15 is 0 Å². The van der Waals surface area contributed by atoms with Crippen molar-refractivity contribution in [3.8, 4) is 0 Å². The zero-order chi connectivity index (χ0) is 16.3. The van der Waals surface area contributed by atoms with Gasteiger partial charge in [-0.2, -0.15) is 0 Å². The molecule has 1 atom stereocenters. The van der Waals surface area contributed by atoms with E-state index < -0.39 is 0 Å². The number of benzene rings is 1. The number of hydrogen-bond acceptors (Lipinski definition) is 3. The van der Waals surface area contributed by atoms with Crippen LogP contribution in [0.4, 0.5) is 11.4 Å². The highest BCUT2D eigenvalue weighted by atomic mass is 16.2. The standard InChI is InChI=1S/C17H25N3O2/c1-11-6-7-13(19-12(2)21)10-14(11)20-16(22)15-17(3,4)8-5-9-18-15/h6-7,10,15,18H,5,8-9H2,1-4H3,(H,19,21)(H,20,22). The van der Waals surface area contributed by atoms with Crippen molar-refractivity contribution in [2.45, 2.75) is 46.6 Å². The number of hydrogen-bond donors (Lipinski definition) is 3. The Morgan fingerprint density at radius 3 is 2.64 bits per heavy atom. The summed E-state index contributed by atoms with van der Waals surface area (Å²) in [4.78, 5) is 23.8. The van der Waals surface area contributed by atoms with E-state index in [0.29, 0.717) is 5.69 Å². The van der Waals surface area contributed by atoms with Crippen LogP contribution in [-0.2, 0) is 9.59 Å². The first-order valence-electron chi connectivity index (χ1n) is 7.72. The molecule has 1 aromatic carbocycles. The second-order valence-electron chi connectivity index (χ2n) is 6.68. The quantitative estimate of drug-likeness (QED) is 0.804. The summed E-state index contributed by atoms with van der Waals surface area (Å²) in [6.45, 7) is 8.50. The van der Waals surface area contributed by atoms with Crippen LogP contribution in [0.1, 0.15) is 39.2 Å². The van der Waals surface area contributed by atoms with Gasteiger partial charge in [-0.25, -0.2) is 0 Å². The van der Waals surface area contributed by atoms with Crippen molar-refractivity contribution < 1.29 is 9.59 Å². The van der Waals surface area contributed by atoms with Gasteiger partial charge in [-0.1, -0.05) is 19.9 Å². The maximum absolute atomic E-state index is 12.6. The average molecular weight is 303 g/mol. The third-order valence-corrected chi connectivity index (χ3v) is 4.21. The van der Waals surface area contributed by atoms with Crippen LogP contribution in [0, 0.1) is 12.3 Å². The molecule has 1 aliphatic rings. The minimum atomic E-state index is -0.204. The number of nitrogens with one attached hydrogen (secondary N) is 3. The monoisotopic (exact) mass is 303 g/mol. The van der Waals surface area contributed by atoms with Crippen molar-refractivity contribution in [2.24, 2.45) is 5.41 Å². The molecule has 5 nitrogen and oxygen atoms in total. The summed E-state index contributed by atoms with van der Waals surface area (Å²) in [6, 6.07) is 5.31. The number of piperidine rings is 1. The molecule has 0 bridgehead atoms. The second kappa shape index (κ2) is 6.48. The van der Waals surface area contributed by atoms with Gasteiger partial charge in [0.2, 0.25) is 11.8 Å². The molecule has 1 unspecified atom stereocenters. The van der Waals surface area contributed by atoms with Crippen molar-refractivity contribution in [1.82, 2.24) is 5.32 Å². The number of amides is 2. The summed E-state index contributed by atoms with van der Waals surface area (Å²) in [5, 5.41) is 9.05. The highest BCUT2D eigenvalue weighted by Crippen LogP contribution is 2.31. The summed E-state index contributed by atoms with van der Waals surface area (Å²) in [6.07, 6.45) is 2.12. The zero-order valence-corrected chi connectivity index (χ0v) is 13.7. The molecule has 3 N–H and O–H groups in total. The summed E-state index contributed by atoms with van der Waals surface area (Å²) in [7, 11) is 0. The molecule has 0 aromatic heterocycles. The van der Waals surface area contributed by atoms with Crippen LogP contribution in [0.2, 0.25) is 0 Å². The highest BCUT2D eigenvalue weighted by molar-refractivity contribution is 5.97. The SMILES string of the molecule is CC(=O)Nc1ccc(C)c(NC(=O)C2NCCCC2(C)C)c1. The summed E-state index contributed by atoms with van der Waals surface area (Å²) in [5.41, 5.74) is 2.32. The van der Waals surface area contributed by atoms with Crippen LogP contribution in [-0.4, -0.2) is 24.4 Å². The molecule has 1 aromatic rings.